The van der Waals surface area contributed by atoms with Gasteiger partial charge >= 0.3 is 12.0 Å². The fourth-order valence-electron chi connectivity index (χ4n) is 8.78. The Morgan fingerprint density at radius 2 is 1.70 bits per heavy atom. The predicted octanol–water partition coefficient (Wildman–Crippen LogP) is 5.34. The largest absolute Gasteiger partial charge is 0.460 e. The van der Waals surface area contributed by atoms with Gasteiger partial charge in [-0.1, -0.05) is 82.3 Å². The fourth-order valence-corrected chi connectivity index (χ4v) is 8.78. The summed E-state index contributed by atoms with van der Waals surface area (Å²) in [7, 11) is 0. The average Bonchev–Trinajstić information content (AvgIpc) is 3.52. The molecule has 40 heavy (non-hydrogen) atoms. The van der Waals surface area contributed by atoms with Crippen molar-refractivity contribution in [1.29, 1.82) is 0 Å². The molecule has 0 spiro atoms. The maximum Gasteiger partial charge on any atom is 0.337 e. The van der Waals surface area contributed by atoms with Gasteiger partial charge < -0.3 is 25.2 Å². The number of benzene rings is 2. The molecule has 214 valence electrons. The van der Waals surface area contributed by atoms with Crippen LogP contribution in [0, 0.1) is 16.7 Å². The summed E-state index contributed by atoms with van der Waals surface area (Å²) in [6, 6.07) is 16.3. The van der Waals surface area contributed by atoms with Crippen LogP contribution in [0.2, 0.25) is 0 Å². The number of aliphatic hydroxyl groups excluding tert-OH is 1. The summed E-state index contributed by atoms with van der Waals surface area (Å²) < 4.78 is 13.1. The highest BCUT2D eigenvalue weighted by Crippen LogP contribution is 2.89. The molecule has 7 nitrogen and oxygen atoms in total. The van der Waals surface area contributed by atoms with Gasteiger partial charge in [0, 0.05) is 16.9 Å². The Hall–Kier alpha value is -2.90. The van der Waals surface area contributed by atoms with Gasteiger partial charge in [-0.2, -0.15) is 0 Å². The molecule has 2 amide bonds. The van der Waals surface area contributed by atoms with Crippen molar-refractivity contribution >= 4 is 12.0 Å². The Morgan fingerprint density at radius 3 is 2.38 bits per heavy atom. The number of urea groups is 1. The first-order valence-electron chi connectivity index (χ1n) is 14.5. The van der Waals surface area contributed by atoms with E-state index in [1.165, 1.54) is 11.1 Å². The second-order valence-corrected chi connectivity index (χ2v) is 14.2. The average molecular weight is 547 g/mol. The Kier molecular flexibility index (Phi) is 5.83. The first-order chi connectivity index (χ1) is 18.7. The van der Waals surface area contributed by atoms with Gasteiger partial charge in [0.05, 0.1) is 6.04 Å². The van der Waals surface area contributed by atoms with E-state index in [4.69, 9.17) is 9.47 Å². The van der Waals surface area contributed by atoms with Gasteiger partial charge in [0.1, 0.15) is 17.3 Å². The third-order valence-corrected chi connectivity index (χ3v) is 10.8. The lowest BCUT2D eigenvalue weighted by molar-refractivity contribution is -0.172. The molecule has 2 saturated carbocycles. The van der Waals surface area contributed by atoms with E-state index in [2.05, 4.69) is 62.6 Å². The number of carbonyl (C=O) groups excluding carboxylic acids is 2. The summed E-state index contributed by atoms with van der Waals surface area (Å²) in [4.78, 5) is 26.5. The number of amides is 2. The zero-order valence-electron chi connectivity index (χ0n) is 24.6. The van der Waals surface area contributed by atoms with Crippen LogP contribution in [0.4, 0.5) is 4.79 Å². The Balaban J connectivity index is 1.28. The van der Waals surface area contributed by atoms with Crippen molar-refractivity contribution in [3.8, 4) is 0 Å². The zero-order chi connectivity index (χ0) is 28.9. The molecule has 7 heteroatoms. The highest BCUT2D eigenvalue weighted by Gasteiger charge is 2.95. The van der Waals surface area contributed by atoms with E-state index >= 15 is 0 Å². The SMILES string of the molecule is C[C@H]1C[C@@]23O[C@]2(c2ccccc21)C1CC(OC(=O)[C@H](O)[C@@H](NC(=O)NC(C)(C)C)c2ccccc2)C3(C)C1(C)C. The van der Waals surface area contributed by atoms with Crippen LogP contribution in [0.25, 0.3) is 0 Å². The third kappa shape index (κ3) is 3.43. The first kappa shape index (κ1) is 27.3. The first-order valence-corrected chi connectivity index (χ1v) is 14.5. The van der Waals surface area contributed by atoms with Crippen molar-refractivity contribution in [3.63, 3.8) is 0 Å². The molecule has 3 aliphatic carbocycles. The van der Waals surface area contributed by atoms with Crippen LogP contribution in [0.5, 0.6) is 0 Å². The lowest BCUT2D eigenvalue weighted by atomic mass is 9.58. The number of esters is 1. The predicted molar refractivity (Wildman–Crippen MR) is 151 cm³/mol. The summed E-state index contributed by atoms with van der Waals surface area (Å²) >= 11 is 0. The standard InChI is InChI=1S/C33H42N2O5/c1-19-18-32-31(7)24(17-23(30(31,5)6)33(32,40-32)22-16-12-11-15-21(19)22)39-27(37)26(36)25(20-13-9-8-10-14-20)34-28(38)35-29(2,3)4/h8-16,19,23-26,36H,17-18H2,1-7H3,(H2,34,35,38)/t19-,23?,24?,25-,26+,31?,32-,33+/m0/s1. The number of epoxide rings is 1. The van der Waals surface area contributed by atoms with Crippen molar-refractivity contribution in [1.82, 2.24) is 10.6 Å². The van der Waals surface area contributed by atoms with Gasteiger partial charge in [-0.05, 0) is 61.6 Å². The van der Waals surface area contributed by atoms with Crippen LogP contribution >= 0.6 is 0 Å². The number of rotatable bonds is 5. The molecule has 4 aliphatic rings. The lowest BCUT2D eigenvalue weighted by Crippen LogP contribution is -2.54. The van der Waals surface area contributed by atoms with E-state index in [9.17, 15) is 14.7 Å². The monoisotopic (exact) mass is 546 g/mol. The van der Waals surface area contributed by atoms with Gasteiger partial charge in [0.15, 0.2) is 6.10 Å². The summed E-state index contributed by atoms with van der Waals surface area (Å²) in [5.74, 6) is -0.227. The molecule has 2 aromatic rings. The minimum atomic E-state index is -1.58. The Morgan fingerprint density at radius 1 is 1.05 bits per heavy atom. The maximum atomic E-state index is 13.7. The molecule has 3 unspecified atom stereocenters. The number of aliphatic hydroxyl groups is 1. The molecular formula is C33H42N2O5. The molecule has 0 aromatic heterocycles. The number of hydrogen-bond acceptors (Lipinski definition) is 5. The highest BCUT2D eigenvalue weighted by atomic mass is 16.6. The quantitative estimate of drug-likeness (QED) is 0.347. The molecule has 2 aromatic carbocycles. The van der Waals surface area contributed by atoms with E-state index in [-0.39, 0.29) is 16.9 Å². The maximum absolute atomic E-state index is 13.7. The summed E-state index contributed by atoms with van der Waals surface area (Å²) in [5, 5.41) is 17.0. The van der Waals surface area contributed by atoms with Crippen molar-refractivity contribution in [2.24, 2.45) is 16.7 Å². The molecular weight excluding hydrogens is 504 g/mol. The zero-order valence-corrected chi connectivity index (χ0v) is 24.6. The second-order valence-electron chi connectivity index (χ2n) is 14.2. The molecule has 6 rings (SSSR count). The Labute approximate surface area is 237 Å². The van der Waals surface area contributed by atoms with Crippen LogP contribution in [0.3, 0.4) is 0 Å². The van der Waals surface area contributed by atoms with Crippen LogP contribution in [-0.2, 0) is 19.9 Å². The van der Waals surface area contributed by atoms with Crippen molar-refractivity contribution in [3.05, 3.63) is 71.3 Å². The summed E-state index contributed by atoms with van der Waals surface area (Å²) in [6.45, 7) is 14.7. The normalized spacial score (nSPS) is 36.0. The number of hydrogen-bond donors (Lipinski definition) is 3. The van der Waals surface area contributed by atoms with Crippen LogP contribution in [-0.4, -0.2) is 40.5 Å². The molecule has 8 atom stereocenters. The minimum Gasteiger partial charge on any atom is -0.460 e. The molecule has 1 saturated heterocycles. The lowest BCUT2D eigenvalue weighted by Gasteiger charge is -2.46. The van der Waals surface area contributed by atoms with Crippen LogP contribution < -0.4 is 10.6 Å². The number of fused-ring (bicyclic) bond motifs is 3. The fraction of sp³-hybridized carbons (Fsp3) is 0.576. The molecule has 0 radical (unpaired) electrons. The van der Waals surface area contributed by atoms with E-state index in [1.54, 1.807) is 12.1 Å². The molecule has 2 bridgehead atoms. The summed E-state index contributed by atoms with van der Waals surface area (Å²) in [5.41, 5.74) is 1.43. The molecule has 3 N–H and O–H groups in total. The number of carbonyl (C=O) groups is 2. The smallest absolute Gasteiger partial charge is 0.337 e. The van der Waals surface area contributed by atoms with Crippen LogP contribution in [0.1, 0.15) is 90.0 Å². The van der Waals surface area contributed by atoms with Gasteiger partial charge in [0.2, 0.25) is 0 Å². The highest BCUT2D eigenvalue weighted by molar-refractivity contribution is 5.80. The molecule has 3 fully saturated rings. The number of nitrogens with one attached hydrogen (secondary N) is 2. The summed E-state index contributed by atoms with van der Waals surface area (Å²) in [6.07, 6.45) is -0.451. The van der Waals surface area contributed by atoms with E-state index < -0.39 is 46.8 Å². The van der Waals surface area contributed by atoms with Crippen molar-refractivity contribution in [2.75, 3.05) is 0 Å². The van der Waals surface area contributed by atoms with Crippen molar-refractivity contribution in [2.45, 2.75) is 102 Å². The molecule has 1 aliphatic heterocycles. The van der Waals surface area contributed by atoms with Gasteiger partial charge in [0.25, 0.3) is 0 Å². The second kappa shape index (κ2) is 8.56. The number of ether oxygens (including phenoxy) is 2. The van der Waals surface area contributed by atoms with Gasteiger partial charge in [-0.25, -0.2) is 9.59 Å². The van der Waals surface area contributed by atoms with Crippen molar-refractivity contribution < 1.29 is 24.2 Å². The van der Waals surface area contributed by atoms with Crippen LogP contribution in [0.15, 0.2) is 54.6 Å². The van der Waals surface area contributed by atoms with Gasteiger partial charge in [-0.15, -0.1) is 0 Å². The third-order valence-electron chi connectivity index (χ3n) is 10.8. The molecule has 1 heterocycles. The van der Waals surface area contributed by atoms with E-state index in [0.29, 0.717) is 17.9 Å². The van der Waals surface area contributed by atoms with E-state index in [0.717, 1.165) is 6.42 Å². The topological polar surface area (TPSA) is 100 Å². The Bertz CT molecular complexity index is 1350. The minimum absolute atomic E-state index is 0.151. The van der Waals surface area contributed by atoms with E-state index in [1.807, 2.05) is 39.0 Å². The van der Waals surface area contributed by atoms with Gasteiger partial charge in [-0.3, -0.25) is 0 Å².